The van der Waals surface area contributed by atoms with Crippen molar-refractivity contribution in [3.05, 3.63) is 34.8 Å². The Morgan fingerprint density at radius 3 is 2.47 bits per heavy atom. The average Bonchev–Trinajstić information content (AvgIpc) is 2.89. The number of aliphatic imine (C=N–C) groups is 2. The summed E-state index contributed by atoms with van der Waals surface area (Å²) in [4.78, 5) is 19.2. The molecular weight excluding hydrogens is 440 g/mol. The van der Waals surface area contributed by atoms with Crippen molar-refractivity contribution in [1.29, 1.82) is 0 Å². The predicted octanol–water partition coefficient (Wildman–Crippen LogP) is 5.45. The number of rotatable bonds is 10. The molecule has 0 atom stereocenters. The van der Waals surface area contributed by atoms with Gasteiger partial charge >= 0.3 is 12.4 Å². The summed E-state index contributed by atoms with van der Waals surface area (Å²) in [6, 6.07) is 0. The normalized spacial score (nSPS) is 16.1. The molecule has 0 unspecified atom stereocenters. The molecule has 0 aromatic heterocycles. The lowest BCUT2D eigenvalue weighted by Gasteiger charge is -2.14. The van der Waals surface area contributed by atoms with Gasteiger partial charge in [-0.05, 0) is 31.3 Å². The van der Waals surface area contributed by atoms with Gasteiger partial charge in [-0.1, -0.05) is 32.4 Å². The molecule has 1 amide bonds. The highest BCUT2D eigenvalue weighted by molar-refractivity contribution is 6.23. The fraction of sp³-hybridized carbons (Fsp3) is 0.571. The quantitative estimate of drug-likeness (QED) is 0.201. The first-order chi connectivity index (χ1) is 15.0. The van der Waals surface area contributed by atoms with Crippen LogP contribution in [0.5, 0.6) is 0 Å². The van der Waals surface area contributed by atoms with Crippen molar-refractivity contribution < 1.29 is 35.9 Å². The van der Waals surface area contributed by atoms with E-state index in [4.69, 9.17) is 4.74 Å². The van der Waals surface area contributed by atoms with Gasteiger partial charge in [0.2, 0.25) is 5.88 Å². The van der Waals surface area contributed by atoms with Gasteiger partial charge in [0.15, 0.2) is 5.71 Å². The predicted molar refractivity (Wildman–Crippen MR) is 111 cm³/mol. The SMILES string of the molecule is CC/C=C(/C(=O)NCCCOC1=C(CCC)CC=C(C(F)(F)F)C=N1)C(=NC)C(F)(F)F. The van der Waals surface area contributed by atoms with Crippen LogP contribution in [0, 0.1) is 0 Å². The minimum absolute atomic E-state index is 0.000888. The molecule has 180 valence electrons. The first kappa shape index (κ1) is 27.4. The number of carbonyl (C=O) groups excluding carboxylic acids is 1. The third-order valence-electron chi connectivity index (χ3n) is 4.32. The van der Waals surface area contributed by atoms with Crippen LogP contribution in [0.25, 0.3) is 0 Å². The van der Waals surface area contributed by atoms with Crippen molar-refractivity contribution in [3.8, 4) is 0 Å². The topological polar surface area (TPSA) is 63.0 Å². The average molecular weight is 467 g/mol. The van der Waals surface area contributed by atoms with Gasteiger partial charge in [-0.15, -0.1) is 0 Å². The van der Waals surface area contributed by atoms with Gasteiger partial charge in [0.1, 0.15) is 0 Å². The molecule has 5 nitrogen and oxygen atoms in total. The van der Waals surface area contributed by atoms with E-state index in [2.05, 4.69) is 15.3 Å². The van der Waals surface area contributed by atoms with E-state index < -0.39 is 35.1 Å². The lowest BCUT2D eigenvalue weighted by Crippen LogP contribution is -2.35. The Bertz CT molecular complexity index is 805. The molecule has 0 radical (unpaired) electrons. The zero-order chi connectivity index (χ0) is 24.4. The summed E-state index contributed by atoms with van der Waals surface area (Å²) >= 11 is 0. The van der Waals surface area contributed by atoms with Gasteiger partial charge in [-0.3, -0.25) is 9.79 Å². The number of hydrogen-bond donors (Lipinski definition) is 1. The van der Waals surface area contributed by atoms with Crippen LogP contribution in [0.4, 0.5) is 26.3 Å². The fourth-order valence-electron chi connectivity index (χ4n) is 2.87. The molecular formula is C21H27F6N3O2. The van der Waals surface area contributed by atoms with E-state index in [-0.39, 0.29) is 38.3 Å². The van der Waals surface area contributed by atoms with E-state index in [1.54, 1.807) is 6.92 Å². The third kappa shape index (κ3) is 8.51. The molecule has 32 heavy (non-hydrogen) atoms. The highest BCUT2D eigenvalue weighted by Crippen LogP contribution is 2.29. The molecule has 0 fully saturated rings. The number of nitrogens with zero attached hydrogens (tertiary/aromatic N) is 2. The molecule has 0 spiro atoms. The lowest BCUT2D eigenvalue weighted by molar-refractivity contribution is -0.117. The number of ether oxygens (including phenoxy) is 1. The van der Waals surface area contributed by atoms with E-state index in [1.165, 1.54) is 0 Å². The van der Waals surface area contributed by atoms with E-state index in [0.29, 0.717) is 24.6 Å². The van der Waals surface area contributed by atoms with Crippen LogP contribution >= 0.6 is 0 Å². The molecule has 0 aromatic carbocycles. The maximum atomic E-state index is 13.1. The van der Waals surface area contributed by atoms with Gasteiger partial charge in [0.25, 0.3) is 5.91 Å². The Morgan fingerprint density at radius 2 is 1.94 bits per heavy atom. The van der Waals surface area contributed by atoms with Crippen LogP contribution in [0.3, 0.4) is 0 Å². The van der Waals surface area contributed by atoms with Gasteiger partial charge in [0.05, 0.1) is 17.8 Å². The number of amides is 1. The van der Waals surface area contributed by atoms with Crippen LogP contribution in [-0.4, -0.2) is 50.4 Å². The van der Waals surface area contributed by atoms with Crippen LogP contribution in [0.1, 0.15) is 46.0 Å². The summed E-state index contributed by atoms with van der Waals surface area (Å²) in [6.45, 7) is 3.49. The summed E-state index contributed by atoms with van der Waals surface area (Å²) in [5.74, 6) is -0.820. The molecule has 0 saturated heterocycles. The van der Waals surface area contributed by atoms with Crippen LogP contribution < -0.4 is 5.32 Å². The number of alkyl halides is 6. The Labute approximate surface area is 183 Å². The second kappa shape index (κ2) is 12.4. The minimum Gasteiger partial charge on any atom is -0.478 e. The maximum Gasteiger partial charge on any atom is 0.433 e. The van der Waals surface area contributed by atoms with Crippen molar-refractivity contribution in [1.82, 2.24) is 5.32 Å². The van der Waals surface area contributed by atoms with Gasteiger partial charge in [-0.2, -0.15) is 26.3 Å². The summed E-state index contributed by atoms with van der Waals surface area (Å²) in [5, 5.41) is 2.39. The van der Waals surface area contributed by atoms with Gasteiger partial charge in [-0.25, -0.2) is 4.99 Å². The maximum absolute atomic E-state index is 13.1. The molecule has 1 aliphatic rings. The Hall–Kier alpha value is -2.59. The molecule has 1 N–H and O–H groups in total. The van der Waals surface area contributed by atoms with Crippen molar-refractivity contribution in [2.75, 3.05) is 20.2 Å². The Kier molecular flexibility index (Phi) is 10.7. The summed E-state index contributed by atoms with van der Waals surface area (Å²) in [6.07, 6.45) is -4.69. The Morgan fingerprint density at radius 1 is 1.25 bits per heavy atom. The number of nitrogens with one attached hydrogen (secondary N) is 1. The van der Waals surface area contributed by atoms with Crippen molar-refractivity contribution >= 4 is 17.8 Å². The molecule has 0 saturated carbocycles. The van der Waals surface area contributed by atoms with Crippen LogP contribution in [0.15, 0.2) is 44.7 Å². The highest BCUT2D eigenvalue weighted by atomic mass is 19.4. The molecule has 11 heteroatoms. The van der Waals surface area contributed by atoms with Crippen molar-refractivity contribution in [3.63, 3.8) is 0 Å². The summed E-state index contributed by atoms with van der Waals surface area (Å²) < 4.78 is 83.5. The standard InChI is InChI=1S/C21H27F6N3O2/c1-4-7-14-9-10-15(20(22,23)24)13-30-19(14)32-12-6-11-29-18(31)16(8-5-2)17(28-3)21(25,26)27/h8,10,13H,4-7,9,11-12H2,1-3H3,(H,29,31)/b16-8+,28-17?. The molecule has 1 heterocycles. The third-order valence-corrected chi connectivity index (χ3v) is 4.32. The molecule has 0 aliphatic carbocycles. The largest absolute Gasteiger partial charge is 0.478 e. The lowest BCUT2D eigenvalue weighted by atomic mass is 10.1. The van der Waals surface area contributed by atoms with E-state index in [0.717, 1.165) is 19.2 Å². The molecule has 0 aromatic rings. The van der Waals surface area contributed by atoms with E-state index in [9.17, 15) is 31.1 Å². The molecule has 0 bridgehead atoms. The fourth-order valence-corrected chi connectivity index (χ4v) is 2.87. The summed E-state index contributed by atoms with van der Waals surface area (Å²) in [5.41, 5.74) is -2.06. The minimum atomic E-state index is -4.76. The molecule has 1 rings (SSSR count). The van der Waals surface area contributed by atoms with E-state index >= 15 is 0 Å². The van der Waals surface area contributed by atoms with Gasteiger partial charge in [0, 0.05) is 19.8 Å². The van der Waals surface area contributed by atoms with Crippen LogP contribution in [-0.2, 0) is 9.53 Å². The van der Waals surface area contributed by atoms with Crippen molar-refractivity contribution in [2.24, 2.45) is 9.98 Å². The Balaban J connectivity index is 2.70. The number of hydrogen-bond acceptors (Lipinski definition) is 4. The second-order valence-corrected chi connectivity index (χ2v) is 6.83. The van der Waals surface area contributed by atoms with Crippen LogP contribution in [0.2, 0.25) is 0 Å². The number of carbonyl (C=O) groups is 1. The van der Waals surface area contributed by atoms with E-state index in [1.807, 2.05) is 6.92 Å². The molecule has 1 aliphatic heterocycles. The number of allylic oxidation sites excluding steroid dienone is 4. The summed E-state index contributed by atoms with van der Waals surface area (Å²) in [7, 11) is 0.960. The number of halogens is 6. The highest BCUT2D eigenvalue weighted by Gasteiger charge is 2.39. The van der Waals surface area contributed by atoms with Crippen molar-refractivity contribution in [2.45, 2.75) is 58.3 Å². The first-order valence-corrected chi connectivity index (χ1v) is 10.1. The zero-order valence-electron chi connectivity index (χ0n) is 18.2. The second-order valence-electron chi connectivity index (χ2n) is 6.83. The van der Waals surface area contributed by atoms with Gasteiger partial charge < -0.3 is 10.1 Å². The first-order valence-electron chi connectivity index (χ1n) is 10.1. The monoisotopic (exact) mass is 467 g/mol. The smallest absolute Gasteiger partial charge is 0.433 e. The zero-order valence-corrected chi connectivity index (χ0v) is 18.2.